The van der Waals surface area contributed by atoms with Gasteiger partial charge in [-0.2, -0.15) is 0 Å². The van der Waals surface area contributed by atoms with Crippen LogP contribution in [0.25, 0.3) is 11.0 Å². The summed E-state index contributed by atoms with van der Waals surface area (Å²) < 4.78 is 16.5. The van der Waals surface area contributed by atoms with E-state index in [1.165, 1.54) is 0 Å². The number of nitrogens with zero attached hydrogens (tertiary/aromatic N) is 1. The lowest BCUT2D eigenvalue weighted by Crippen LogP contribution is -2.29. The van der Waals surface area contributed by atoms with Gasteiger partial charge in [0.15, 0.2) is 11.5 Å². The highest BCUT2D eigenvalue weighted by atomic mass is 16.5. The summed E-state index contributed by atoms with van der Waals surface area (Å²) in [5.74, 6) is 2.21. The molecule has 0 bridgehead atoms. The molecule has 0 aliphatic rings. The molecule has 1 aromatic heterocycles. The Balaban J connectivity index is 1.65. The van der Waals surface area contributed by atoms with Crippen molar-refractivity contribution in [3.8, 4) is 11.5 Å². The molecule has 0 aliphatic carbocycles. The first-order valence-corrected chi connectivity index (χ1v) is 8.98. The minimum absolute atomic E-state index is 0.0674. The molecule has 1 heterocycles. The van der Waals surface area contributed by atoms with Crippen molar-refractivity contribution in [3.63, 3.8) is 0 Å². The largest absolute Gasteiger partial charge is 0.493 e. The number of furan rings is 1. The van der Waals surface area contributed by atoms with Gasteiger partial charge in [0.25, 0.3) is 0 Å². The van der Waals surface area contributed by atoms with Crippen LogP contribution in [0, 0.1) is 0 Å². The van der Waals surface area contributed by atoms with E-state index in [0.29, 0.717) is 24.3 Å². The van der Waals surface area contributed by atoms with Crippen LogP contribution in [0.1, 0.15) is 30.7 Å². The maximum atomic E-state index is 12.7. The van der Waals surface area contributed by atoms with Crippen molar-refractivity contribution in [3.05, 3.63) is 59.9 Å². The predicted molar refractivity (Wildman–Crippen MR) is 105 cm³/mol. The van der Waals surface area contributed by atoms with Gasteiger partial charge in [0.05, 0.1) is 20.3 Å². The van der Waals surface area contributed by atoms with Crippen molar-refractivity contribution >= 4 is 16.9 Å². The Bertz CT molecular complexity index is 898. The Morgan fingerprint density at radius 1 is 1.07 bits per heavy atom. The van der Waals surface area contributed by atoms with Gasteiger partial charge in [-0.1, -0.05) is 24.3 Å². The molecule has 3 aromatic rings. The molecule has 2 aromatic carbocycles. The Morgan fingerprint density at radius 2 is 1.81 bits per heavy atom. The quantitative estimate of drug-likeness (QED) is 0.612. The van der Waals surface area contributed by atoms with E-state index in [2.05, 4.69) is 0 Å². The monoisotopic (exact) mass is 367 g/mol. The number of para-hydroxylation sites is 1. The number of carbonyl (C=O) groups is 1. The van der Waals surface area contributed by atoms with Crippen LogP contribution in [0.5, 0.6) is 11.5 Å². The summed E-state index contributed by atoms with van der Waals surface area (Å²) in [6, 6.07) is 15.5. The van der Waals surface area contributed by atoms with Crippen molar-refractivity contribution in [1.82, 2.24) is 4.90 Å². The molecule has 0 radical (unpaired) electrons. The van der Waals surface area contributed by atoms with Gasteiger partial charge in [-0.05, 0) is 43.2 Å². The second kappa shape index (κ2) is 8.16. The topological polar surface area (TPSA) is 51.9 Å². The van der Waals surface area contributed by atoms with Gasteiger partial charge in [-0.25, -0.2) is 0 Å². The average Bonchev–Trinajstić information content (AvgIpc) is 3.14. The molecule has 1 amide bonds. The van der Waals surface area contributed by atoms with E-state index in [4.69, 9.17) is 13.9 Å². The number of hydrogen-bond donors (Lipinski definition) is 0. The molecule has 0 N–H and O–H groups in total. The zero-order valence-electron chi connectivity index (χ0n) is 16.2. The van der Waals surface area contributed by atoms with Gasteiger partial charge in [-0.15, -0.1) is 0 Å². The third-order valence-electron chi connectivity index (χ3n) is 4.91. The minimum atomic E-state index is -0.129. The van der Waals surface area contributed by atoms with E-state index in [1.807, 2.05) is 62.5 Å². The number of benzene rings is 2. The lowest BCUT2D eigenvalue weighted by atomic mass is 10.1. The summed E-state index contributed by atoms with van der Waals surface area (Å²) in [5, 5.41) is 1.05. The fourth-order valence-corrected chi connectivity index (χ4v) is 3.08. The maximum absolute atomic E-state index is 12.7. The molecule has 0 saturated carbocycles. The number of hydrogen-bond acceptors (Lipinski definition) is 4. The van der Waals surface area contributed by atoms with Gasteiger partial charge >= 0.3 is 0 Å². The van der Waals surface area contributed by atoms with Crippen LogP contribution >= 0.6 is 0 Å². The molecule has 5 heteroatoms. The van der Waals surface area contributed by atoms with Crippen molar-refractivity contribution in [1.29, 1.82) is 0 Å². The smallest absolute Gasteiger partial charge is 0.223 e. The Morgan fingerprint density at radius 3 is 2.52 bits per heavy atom. The second-order valence-electron chi connectivity index (χ2n) is 6.56. The number of amides is 1. The first kappa shape index (κ1) is 18.8. The lowest BCUT2D eigenvalue weighted by Gasteiger charge is -2.23. The second-order valence-corrected chi connectivity index (χ2v) is 6.56. The molecule has 5 nitrogen and oxygen atoms in total. The van der Waals surface area contributed by atoms with Crippen molar-refractivity contribution in [2.45, 2.75) is 25.8 Å². The number of rotatable bonds is 7. The third-order valence-corrected chi connectivity index (χ3v) is 4.91. The summed E-state index contributed by atoms with van der Waals surface area (Å²) in [6.45, 7) is 1.98. The molecule has 0 fully saturated rings. The van der Waals surface area contributed by atoms with Crippen LogP contribution in [0.2, 0.25) is 0 Å². The third kappa shape index (κ3) is 4.08. The molecule has 1 atom stereocenters. The highest BCUT2D eigenvalue weighted by molar-refractivity contribution is 5.79. The van der Waals surface area contributed by atoms with E-state index in [1.54, 1.807) is 19.1 Å². The Kier molecular flexibility index (Phi) is 5.69. The Labute approximate surface area is 159 Å². The fraction of sp³-hybridized carbons (Fsp3) is 0.318. The average molecular weight is 367 g/mol. The van der Waals surface area contributed by atoms with Crippen LogP contribution in [0.4, 0.5) is 0 Å². The van der Waals surface area contributed by atoms with Crippen molar-refractivity contribution < 1.29 is 18.7 Å². The van der Waals surface area contributed by atoms with E-state index >= 15 is 0 Å². The zero-order valence-corrected chi connectivity index (χ0v) is 16.2. The van der Waals surface area contributed by atoms with Gasteiger partial charge in [-0.3, -0.25) is 4.79 Å². The first-order valence-electron chi connectivity index (χ1n) is 8.98. The molecule has 0 aliphatic heterocycles. The summed E-state index contributed by atoms with van der Waals surface area (Å²) in [5.41, 5.74) is 1.87. The first-order chi connectivity index (χ1) is 13.0. The zero-order chi connectivity index (χ0) is 19.4. The lowest BCUT2D eigenvalue weighted by molar-refractivity contribution is -0.132. The van der Waals surface area contributed by atoms with E-state index < -0.39 is 0 Å². The van der Waals surface area contributed by atoms with Gasteiger partial charge in [0, 0.05) is 18.9 Å². The van der Waals surface area contributed by atoms with E-state index in [9.17, 15) is 4.79 Å². The fourth-order valence-electron chi connectivity index (χ4n) is 3.08. The molecule has 3 rings (SSSR count). The van der Waals surface area contributed by atoms with Crippen molar-refractivity contribution in [2.24, 2.45) is 0 Å². The molecular formula is C22H25NO4. The standard InChI is InChI=1S/C22H25NO4/c1-15(20-14-17-7-5-6-8-18(17)27-20)23(2)22(24)12-10-16-9-11-19(25-3)21(13-16)26-4/h5-9,11,13-15H,10,12H2,1-4H3. The Hall–Kier alpha value is -2.95. The number of fused-ring (bicyclic) bond motifs is 1. The number of methoxy groups -OCH3 is 2. The summed E-state index contributed by atoms with van der Waals surface area (Å²) in [4.78, 5) is 14.4. The van der Waals surface area contributed by atoms with E-state index in [-0.39, 0.29) is 11.9 Å². The van der Waals surface area contributed by atoms with Crippen LogP contribution in [-0.2, 0) is 11.2 Å². The maximum Gasteiger partial charge on any atom is 0.223 e. The number of ether oxygens (including phenoxy) is 2. The molecule has 0 spiro atoms. The van der Waals surface area contributed by atoms with Crippen LogP contribution in [0.3, 0.4) is 0 Å². The van der Waals surface area contributed by atoms with Crippen molar-refractivity contribution in [2.75, 3.05) is 21.3 Å². The van der Waals surface area contributed by atoms with Gasteiger partial charge < -0.3 is 18.8 Å². The molecular weight excluding hydrogens is 342 g/mol. The predicted octanol–water partition coefficient (Wildman–Crippen LogP) is 4.60. The number of aryl methyl sites for hydroxylation is 1. The molecule has 1 unspecified atom stereocenters. The molecule has 27 heavy (non-hydrogen) atoms. The van der Waals surface area contributed by atoms with Crippen LogP contribution < -0.4 is 9.47 Å². The summed E-state index contributed by atoms with van der Waals surface area (Å²) in [7, 11) is 5.03. The van der Waals surface area contributed by atoms with Gasteiger partial charge in [0.2, 0.25) is 5.91 Å². The van der Waals surface area contributed by atoms with Gasteiger partial charge in [0.1, 0.15) is 11.3 Å². The SMILES string of the molecule is COc1ccc(CCC(=O)N(C)C(C)c2cc3ccccc3o2)cc1OC. The van der Waals surface area contributed by atoms with Crippen LogP contribution in [0.15, 0.2) is 52.9 Å². The highest BCUT2D eigenvalue weighted by Gasteiger charge is 2.20. The minimum Gasteiger partial charge on any atom is -0.493 e. The normalized spacial score (nSPS) is 12.0. The summed E-state index contributed by atoms with van der Waals surface area (Å²) >= 11 is 0. The molecule has 142 valence electrons. The highest BCUT2D eigenvalue weighted by Crippen LogP contribution is 2.29. The van der Waals surface area contributed by atoms with E-state index in [0.717, 1.165) is 22.3 Å². The number of carbonyl (C=O) groups excluding carboxylic acids is 1. The van der Waals surface area contributed by atoms with Crippen LogP contribution in [-0.4, -0.2) is 32.1 Å². The summed E-state index contributed by atoms with van der Waals surface area (Å²) in [6.07, 6.45) is 1.05. The molecule has 0 saturated heterocycles.